The molecule has 0 aliphatic heterocycles. The molecular weight excluding hydrogens is 376 g/mol. The number of carbonyl (C=O) groups is 1. The molecule has 27 heavy (non-hydrogen) atoms. The molecule has 1 N–H and O–H groups in total. The van der Waals surface area contributed by atoms with Gasteiger partial charge >= 0.3 is 18.3 Å². The molecule has 0 radical (unpaired) electrons. The zero-order chi connectivity index (χ0) is 20.4. The molecule has 0 bridgehead atoms. The lowest BCUT2D eigenvalue weighted by atomic mass is 9.98. The highest BCUT2D eigenvalue weighted by Gasteiger charge is 2.36. The molecule has 140 valence electrons. The number of benzene rings is 2. The maximum atomic E-state index is 12.9. The van der Waals surface area contributed by atoms with Crippen molar-refractivity contribution in [2.75, 3.05) is 0 Å². The van der Waals surface area contributed by atoms with Crippen LogP contribution in [0.25, 0.3) is 17.2 Å². The van der Waals surface area contributed by atoms with Crippen molar-refractivity contribution in [1.82, 2.24) is 0 Å². The van der Waals surface area contributed by atoms with Gasteiger partial charge in [0.2, 0.25) is 0 Å². The van der Waals surface area contributed by atoms with Crippen LogP contribution in [0.3, 0.4) is 0 Å². The molecule has 0 spiro atoms. The van der Waals surface area contributed by atoms with Gasteiger partial charge in [-0.2, -0.15) is 31.6 Å². The third-order valence-corrected chi connectivity index (χ3v) is 3.49. The highest BCUT2D eigenvalue weighted by Crippen LogP contribution is 2.38. The van der Waals surface area contributed by atoms with Crippen molar-refractivity contribution in [2.45, 2.75) is 12.4 Å². The fraction of sp³-hybridized carbons (Fsp3) is 0.111. The Labute approximate surface area is 148 Å². The molecule has 0 amide bonds. The Morgan fingerprint density at radius 1 is 0.889 bits per heavy atom. The quantitative estimate of drug-likeness (QED) is 0.438. The van der Waals surface area contributed by atoms with Crippen LogP contribution in [0.5, 0.6) is 0 Å². The third-order valence-electron chi connectivity index (χ3n) is 3.49. The van der Waals surface area contributed by atoms with E-state index in [2.05, 4.69) is 0 Å². The van der Waals surface area contributed by atoms with E-state index in [1.54, 1.807) is 0 Å². The summed E-state index contributed by atoms with van der Waals surface area (Å²) in [6.07, 6.45) is -8.89. The lowest BCUT2D eigenvalue weighted by Gasteiger charge is -2.14. The lowest BCUT2D eigenvalue weighted by molar-refractivity contribution is -0.143. The van der Waals surface area contributed by atoms with Crippen LogP contribution in [0.4, 0.5) is 26.3 Å². The number of nitrogens with zero attached hydrogens (tertiary/aromatic N) is 1. The van der Waals surface area contributed by atoms with Gasteiger partial charge in [0.25, 0.3) is 0 Å². The Balaban J connectivity index is 2.52. The first kappa shape index (κ1) is 20.0. The minimum atomic E-state index is -4.96. The van der Waals surface area contributed by atoms with E-state index in [0.29, 0.717) is 12.1 Å². The van der Waals surface area contributed by atoms with Gasteiger partial charge in [-0.3, -0.25) is 0 Å². The van der Waals surface area contributed by atoms with E-state index < -0.39 is 35.0 Å². The SMILES string of the molecule is N#C/C(=C/c1ccc(-c2cc(C(F)(F)F)cc(C(F)(F)F)c2)cc1)C(=O)O. The highest BCUT2D eigenvalue weighted by molar-refractivity contribution is 5.96. The number of aliphatic carboxylic acids is 1. The average molecular weight is 385 g/mol. The second kappa shape index (κ2) is 7.15. The monoisotopic (exact) mass is 385 g/mol. The van der Waals surface area contributed by atoms with Gasteiger partial charge in [0.05, 0.1) is 11.1 Å². The molecule has 9 heteroatoms. The van der Waals surface area contributed by atoms with E-state index in [1.165, 1.54) is 30.3 Å². The fourth-order valence-electron chi connectivity index (χ4n) is 2.20. The first-order chi connectivity index (χ1) is 12.4. The second-order valence-corrected chi connectivity index (χ2v) is 5.39. The summed E-state index contributed by atoms with van der Waals surface area (Å²) in [6, 6.07) is 7.71. The van der Waals surface area contributed by atoms with Gasteiger partial charge in [-0.15, -0.1) is 0 Å². The second-order valence-electron chi connectivity index (χ2n) is 5.39. The smallest absolute Gasteiger partial charge is 0.416 e. The molecule has 2 aromatic carbocycles. The van der Waals surface area contributed by atoms with Gasteiger partial charge in [0.15, 0.2) is 0 Å². The first-order valence-corrected chi connectivity index (χ1v) is 7.17. The topological polar surface area (TPSA) is 61.1 Å². The Morgan fingerprint density at radius 3 is 1.74 bits per heavy atom. The molecule has 0 aromatic heterocycles. The van der Waals surface area contributed by atoms with Crippen molar-refractivity contribution in [3.63, 3.8) is 0 Å². The van der Waals surface area contributed by atoms with Crippen LogP contribution in [-0.4, -0.2) is 11.1 Å². The molecule has 3 nitrogen and oxygen atoms in total. The number of halogens is 6. The highest BCUT2D eigenvalue weighted by atomic mass is 19.4. The average Bonchev–Trinajstić information content (AvgIpc) is 2.58. The summed E-state index contributed by atoms with van der Waals surface area (Å²) >= 11 is 0. The summed E-state index contributed by atoms with van der Waals surface area (Å²) in [5.74, 6) is -1.46. The molecule has 2 aromatic rings. The van der Waals surface area contributed by atoms with E-state index in [1.807, 2.05) is 0 Å². The Hall–Kier alpha value is -3.28. The molecule has 0 aliphatic carbocycles. The minimum Gasteiger partial charge on any atom is -0.477 e. The van der Waals surface area contributed by atoms with Crippen LogP contribution in [-0.2, 0) is 17.1 Å². The molecule has 0 unspecified atom stereocenters. The van der Waals surface area contributed by atoms with Gasteiger partial charge in [0.1, 0.15) is 11.6 Å². The van der Waals surface area contributed by atoms with Gasteiger partial charge < -0.3 is 5.11 Å². The lowest BCUT2D eigenvalue weighted by Crippen LogP contribution is -2.11. The maximum absolute atomic E-state index is 12.9. The first-order valence-electron chi connectivity index (χ1n) is 7.17. The van der Waals surface area contributed by atoms with Crippen molar-refractivity contribution in [2.24, 2.45) is 0 Å². The predicted molar refractivity (Wildman–Crippen MR) is 83.1 cm³/mol. The van der Waals surface area contributed by atoms with Crippen molar-refractivity contribution >= 4 is 12.0 Å². The standard InChI is InChI=1S/C18H9F6NO2/c19-17(20,21)14-6-12(7-15(8-14)18(22,23)24)11-3-1-10(2-4-11)5-13(9-25)16(26)27/h1-8H,(H,26,27)/b13-5-. The molecule has 0 heterocycles. The summed E-state index contributed by atoms with van der Waals surface area (Å²) in [5, 5.41) is 17.5. The van der Waals surface area contributed by atoms with E-state index in [9.17, 15) is 31.1 Å². The van der Waals surface area contributed by atoms with Crippen molar-refractivity contribution < 1.29 is 36.2 Å². The van der Waals surface area contributed by atoms with Crippen LogP contribution in [0.1, 0.15) is 16.7 Å². The van der Waals surface area contributed by atoms with Crippen molar-refractivity contribution in [3.05, 3.63) is 64.7 Å². The molecule has 0 fully saturated rings. The fourth-order valence-corrected chi connectivity index (χ4v) is 2.20. The summed E-state index contributed by atoms with van der Waals surface area (Å²) in [6.45, 7) is 0. The maximum Gasteiger partial charge on any atom is 0.416 e. The number of carboxylic acid groups (broad SMARTS) is 1. The number of hydrogen-bond donors (Lipinski definition) is 1. The van der Waals surface area contributed by atoms with Crippen molar-refractivity contribution in [1.29, 1.82) is 5.26 Å². The molecule has 2 rings (SSSR count). The van der Waals surface area contributed by atoms with Gasteiger partial charge in [0, 0.05) is 0 Å². The normalized spacial score (nSPS) is 12.6. The van der Waals surface area contributed by atoms with Gasteiger partial charge in [-0.1, -0.05) is 24.3 Å². The van der Waals surface area contributed by atoms with Crippen molar-refractivity contribution in [3.8, 4) is 17.2 Å². The molecule has 0 atom stereocenters. The van der Waals surface area contributed by atoms with E-state index >= 15 is 0 Å². The number of hydrogen-bond acceptors (Lipinski definition) is 2. The van der Waals surface area contributed by atoms with Crippen LogP contribution in [0.15, 0.2) is 48.0 Å². The molecular formula is C18H9F6NO2. The predicted octanol–water partition coefficient (Wildman–Crippen LogP) is 5.38. The number of nitriles is 1. The Morgan fingerprint density at radius 2 is 1.37 bits per heavy atom. The van der Waals surface area contributed by atoms with Crippen LogP contribution in [0.2, 0.25) is 0 Å². The molecule has 0 aliphatic rings. The number of alkyl halides is 6. The van der Waals surface area contributed by atoms with E-state index in [-0.39, 0.29) is 22.8 Å². The number of carboxylic acids is 1. The molecule has 0 saturated heterocycles. The zero-order valence-corrected chi connectivity index (χ0v) is 13.2. The van der Waals surface area contributed by atoms with E-state index in [4.69, 9.17) is 10.4 Å². The summed E-state index contributed by atoms with van der Waals surface area (Å²) < 4.78 is 77.5. The molecule has 0 saturated carbocycles. The van der Waals surface area contributed by atoms with Crippen LogP contribution in [0, 0.1) is 11.3 Å². The van der Waals surface area contributed by atoms with E-state index in [0.717, 1.165) is 6.08 Å². The Bertz CT molecular complexity index is 902. The zero-order valence-electron chi connectivity index (χ0n) is 13.2. The number of rotatable bonds is 3. The minimum absolute atomic E-state index is 0.0344. The summed E-state index contributed by atoms with van der Waals surface area (Å²) in [7, 11) is 0. The van der Waals surface area contributed by atoms with Crippen LogP contribution >= 0.6 is 0 Å². The van der Waals surface area contributed by atoms with Gasteiger partial charge in [-0.25, -0.2) is 4.79 Å². The third kappa shape index (κ3) is 4.88. The summed E-state index contributed by atoms with van der Waals surface area (Å²) in [5.41, 5.74) is -3.42. The van der Waals surface area contributed by atoms with Gasteiger partial charge in [-0.05, 0) is 41.0 Å². The largest absolute Gasteiger partial charge is 0.477 e. The Kier molecular flexibility index (Phi) is 5.31. The van der Waals surface area contributed by atoms with Crippen LogP contribution < -0.4 is 0 Å². The summed E-state index contributed by atoms with van der Waals surface area (Å²) in [4.78, 5) is 10.8.